The van der Waals surface area contributed by atoms with E-state index in [1.54, 1.807) is 6.20 Å². The summed E-state index contributed by atoms with van der Waals surface area (Å²) in [6.07, 6.45) is 2.71. The second kappa shape index (κ2) is 6.18. The topological polar surface area (TPSA) is 55.1 Å². The van der Waals surface area contributed by atoms with Crippen LogP contribution >= 0.6 is 0 Å². The van der Waals surface area contributed by atoms with E-state index in [4.69, 9.17) is 4.42 Å². The highest BCUT2D eigenvalue weighted by atomic mass is 16.4. The van der Waals surface area contributed by atoms with E-state index in [0.29, 0.717) is 25.3 Å². The van der Waals surface area contributed by atoms with Crippen molar-refractivity contribution in [1.82, 2.24) is 10.3 Å². The van der Waals surface area contributed by atoms with Gasteiger partial charge in [0.1, 0.15) is 5.76 Å². The minimum atomic E-state index is 0.0205. The lowest BCUT2D eigenvalue weighted by Gasteiger charge is -2.04. The van der Waals surface area contributed by atoms with Crippen molar-refractivity contribution in [3.05, 3.63) is 53.2 Å². The minimum Gasteiger partial charge on any atom is -0.446 e. The molecule has 2 rings (SSSR count). The van der Waals surface area contributed by atoms with Gasteiger partial charge in [-0.15, -0.1) is 0 Å². The number of carbonyl (C=O) groups is 1. The van der Waals surface area contributed by atoms with Gasteiger partial charge in [0, 0.05) is 13.0 Å². The Kier molecular flexibility index (Phi) is 4.34. The summed E-state index contributed by atoms with van der Waals surface area (Å²) >= 11 is 0. The zero-order valence-electron chi connectivity index (χ0n) is 11.3. The maximum atomic E-state index is 11.7. The van der Waals surface area contributed by atoms with Crippen LogP contribution in [0.4, 0.5) is 0 Å². The standard InChI is InChI=1S/C15H18N2O2/c1-11-3-5-13(6-4-11)9-14(18)16-8-7-15-17-10-12(2)19-15/h3-6,10H,7-9H2,1-2H3,(H,16,18). The monoisotopic (exact) mass is 258 g/mol. The molecule has 0 saturated heterocycles. The Hall–Kier alpha value is -2.10. The molecule has 4 nitrogen and oxygen atoms in total. The lowest BCUT2D eigenvalue weighted by Crippen LogP contribution is -2.27. The fourth-order valence-corrected chi connectivity index (χ4v) is 1.78. The summed E-state index contributed by atoms with van der Waals surface area (Å²) in [5.74, 6) is 1.47. The van der Waals surface area contributed by atoms with Gasteiger partial charge < -0.3 is 9.73 Å². The quantitative estimate of drug-likeness (QED) is 0.894. The highest BCUT2D eigenvalue weighted by Gasteiger charge is 2.04. The zero-order valence-corrected chi connectivity index (χ0v) is 11.3. The Morgan fingerprint density at radius 3 is 2.63 bits per heavy atom. The van der Waals surface area contributed by atoms with Crippen LogP contribution in [0.3, 0.4) is 0 Å². The first-order valence-corrected chi connectivity index (χ1v) is 6.37. The number of oxazole rings is 1. The molecule has 0 aliphatic carbocycles. The number of amides is 1. The number of nitrogens with zero attached hydrogens (tertiary/aromatic N) is 1. The molecule has 2 aromatic rings. The van der Waals surface area contributed by atoms with Gasteiger partial charge in [-0.25, -0.2) is 4.98 Å². The molecule has 0 aliphatic rings. The molecule has 4 heteroatoms. The van der Waals surface area contributed by atoms with Crippen LogP contribution in [0.25, 0.3) is 0 Å². The molecular formula is C15H18N2O2. The molecule has 0 unspecified atom stereocenters. The number of benzene rings is 1. The first-order valence-electron chi connectivity index (χ1n) is 6.37. The van der Waals surface area contributed by atoms with Crippen molar-refractivity contribution in [2.24, 2.45) is 0 Å². The number of hydrogen-bond donors (Lipinski definition) is 1. The normalized spacial score (nSPS) is 10.4. The Labute approximate surface area is 112 Å². The van der Waals surface area contributed by atoms with Gasteiger partial charge in [-0.1, -0.05) is 29.8 Å². The van der Waals surface area contributed by atoms with Gasteiger partial charge in [0.2, 0.25) is 5.91 Å². The summed E-state index contributed by atoms with van der Waals surface area (Å²) in [6.45, 7) is 4.43. The van der Waals surface area contributed by atoms with Crippen molar-refractivity contribution in [2.45, 2.75) is 26.7 Å². The molecule has 0 atom stereocenters. The third-order valence-electron chi connectivity index (χ3n) is 2.82. The van der Waals surface area contributed by atoms with Crippen molar-refractivity contribution in [2.75, 3.05) is 6.54 Å². The highest BCUT2D eigenvalue weighted by molar-refractivity contribution is 5.78. The van der Waals surface area contributed by atoms with Crippen LogP contribution in [0, 0.1) is 13.8 Å². The molecule has 0 spiro atoms. The van der Waals surface area contributed by atoms with Gasteiger partial charge >= 0.3 is 0 Å². The number of rotatable bonds is 5. The number of hydrogen-bond acceptors (Lipinski definition) is 3. The predicted octanol–water partition coefficient (Wildman–Crippen LogP) is 2.19. The Morgan fingerprint density at radius 2 is 2.00 bits per heavy atom. The van der Waals surface area contributed by atoms with Crippen LogP contribution in [0.2, 0.25) is 0 Å². The molecule has 0 bridgehead atoms. The molecular weight excluding hydrogens is 240 g/mol. The summed E-state index contributed by atoms with van der Waals surface area (Å²) < 4.78 is 5.33. The third kappa shape index (κ3) is 4.25. The van der Waals surface area contributed by atoms with E-state index in [0.717, 1.165) is 11.3 Å². The first-order chi connectivity index (χ1) is 9.13. The van der Waals surface area contributed by atoms with Gasteiger partial charge in [0.05, 0.1) is 12.6 Å². The molecule has 1 heterocycles. The average molecular weight is 258 g/mol. The van der Waals surface area contributed by atoms with Crippen molar-refractivity contribution in [1.29, 1.82) is 0 Å². The second-order valence-electron chi connectivity index (χ2n) is 4.63. The molecule has 1 aromatic carbocycles. The van der Waals surface area contributed by atoms with Crippen molar-refractivity contribution < 1.29 is 9.21 Å². The molecule has 100 valence electrons. The fraction of sp³-hybridized carbons (Fsp3) is 0.333. The fourth-order valence-electron chi connectivity index (χ4n) is 1.78. The van der Waals surface area contributed by atoms with Crippen LogP contribution in [0.5, 0.6) is 0 Å². The van der Waals surface area contributed by atoms with Gasteiger partial charge in [0.25, 0.3) is 0 Å². The summed E-state index contributed by atoms with van der Waals surface area (Å²) in [7, 11) is 0. The van der Waals surface area contributed by atoms with Crippen molar-refractivity contribution in [3.63, 3.8) is 0 Å². The van der Waals surface area contributed by atoms with Crippen LogP contribution in [-0.4, -0.2) is 17.4 Å². The average Bonchev–Trinajstić information content (AvgIpc) is 2.78. The van der Waals surface area contributed by atoms with Crippen LogP contribution in [-0.2, 0) is 17.6 Å². The smallest absolute Gasteiger partial charge is 0.224 e. The summed E-state index contributed by atoms with van der Waals surface area (Å²) in [4.78, 5) is 15.8. The minimum absolute atomic E-state index is 0.0205. The number of nitrogens with one attached hydrogen (secondary N) is 1. The van der Waals surface area contributed by atoms with Gasteiger partial charge in [-0.3, -0.25) is 4.79 Å². The molecule has 19 heavy (non-hydrogen) atoms. The summed E-state index contributed by atoms with van der Waals surface area (Å²) in [5, 5.41) is 2.86. The second-order valence-corrected chi connectivity index (χ2v) is 4.63. The SMILES string of the molecule is Cc1ccc(CC(=O)NCCc2ncc(C)o2)cc1. The van der Waals surface area contributed by atoms with E-state index in [9.17, 15) is 4.79 Å². The van der Waals surface area contributed by atoms with E-state index in [-0.39, 0.29) is 5.91 Å². The first kappa shape index (κ1) is 13.3. The van der Waals surface area contributed by atoms with Crippen LogP contribution in [0.15, 0.2) is 34.9 Å². The lowest BCUT2D eigenvalue weighted by atomic mass is 10.1. The Morgan fingerprint density at radius 1 is 1.26 bits per heavy atom. The molecule has 0 fully saturated rings. The van der Waals surface area contributed by atoms with Crippen LogP contribution in [0.1, 0.15) is 22.8 Å². The lowest BCUT2D eigenvalue weighted by molar-refractivity contribution is -0.120. The molecule has 1 amide bonds. The molecule has 0 aliphatic heterocycles. The van der Waals surface area contributed by atoms with Crippen LogP contribution < -0.4 is 5.32 Å². The maximum absolute atomic E-state index is 11.7. The number of aromatic nitrogens is 1. The van der Waals surface area contributed by atoms with Crippen molar-refractivity contribution >= 4 is 5.91 Å². The predicted molar refractivity (Wildman–Crippen MR) is 72.8 cm³/mol. The van der Waals surface area contributed by atoms with Gasteiger partial charge in [-0.05, 0) is 19.4 Å². The largest absolute Gasteiger partial charge is 0.446 e. The van der Waals surface area contributed by atoms with Gasteiger partial charge in [-0.2, -0.15) is 0 Å². The van der Waals surface area contributed by atoms with E-state index < -0.39 is 0 Å². The molecule has 1 aromatic heterocycles. The van der Waals surface area contributed by atoms with E-state index in [1.807, 2.05) is 38.1 Å². The molecule has 0 saturated carbocycles. The highest BCUT2D eigenvalue weighted by Crippen LogP contribution is 2.04. The van der Waals surface area contributed by atoms with Crippen molar-refractivity contribution in [3.8, 4) is 0 Å². The Balaban J connectivity index is 1.74. The summed E-state index contributed by atoms with van der Waals surface area (Å²) in [6, 6.07) is 7.98. The van der Waals surface area contributed by atoms with Gasteiger partial charge in [0.15, 0.2) is 5.89 Å². The van der Waals surface area contributed by atoms with E-state index in [1.165, 1.54) is 5.56 Å². The molecule has 1 N–H and O–H groups in total. The third-order valence-corrected chi connectivity index (χ3v) is 2.82. The number of aryl methyl sites for hydroxylation is 2. The summed E-state index contributed by atoms with van der Waals surface area (Å²) in [5.41, 5.74) is 2.22. The van der Waals surface area contributed by atoms with E-state index in [2.05, 4.69) is 10.3 Å². The number of carbonyl (C=O) groups excluding carboxylic acids is 1. The molecule has 0 radical (unpaired) electrons. The Bertz CT molecular complexity index is 544. The van der Waals surface area contributed by atoms with E-state index >= 15 is 0 Å². The zero-order chi connectivity index (χ0) is 13.7. The maximum Gasteiger partial charge on any atom is 0.224 e.